The summed E-state index contributed by atoms with van der Waals surface area (Å²) in [5.74, 6) is 0. The van der Waals surface area contributed by atoms with Crippen molar-refractivity contribution in [1.82, 2.24) is 4.90 Å². The largest absolute Gasteiger partial charge is 0.390 e. The molecule has 0 radical (unpaired) electrons. The van der Waals surface area contributed by atoms with Gasteiger partial charge in [0.05, 0.1) is 21.8 Å². The highest BCUT2D eigenvalue weighted by molar-refractivity contribution is 6.41. The molecule has 0 fully saturated rings. The summed E-state index contributed by atoms with van der Waals surface area (Å²) in [4.78, 5) is 1.90. The molecule has 0 aliphatic carbocycles. The highest BCUT2D eigenvalue weighted by atomic mass is 35.5. The lowest BCUT2D eigenvalue weighted by atomic mass is 10.3. The Bertz CT molecular complexity index is 362. The standard InChI is InChI=1S/C11H15Cl3N2O/c1-16(2)6-8(17)5-15-11-9(13)3-7(12)4-10(11)14/h3-4,8,15,17H,5-6H2,1-2H3. The Hall–Kier alpha value is -0.190. The van der Waals surface area contributed by atoms with Crippen molar-refractivity contribution in [2.75, 3.05) is 32.5 Å². The summed E-state index contributed by atoms with van der Waals surface area (Å²) >= 11 is 17.8. The highest BCUT2D eigenvalue weighted by Gasteiger charge is 2.10. The van der Waals surface area contributed by atoms with E-state index in [2.05, 4.69) is 5.32 Å². The van der Waals surface area contributed by atoms with E-state index in [1.807, 2.05) is 19.0 Å². The van der Waals surface area contributed by atoms with E-state index in [9.17, 15) is 5.11 Å². The Balaban J connectivity index is 2.63. The number of hydrogen-bond donors (Lipinski definition) is 2. The number of nitrogens with one attached hydrogen (secondary N) is 1. The van der Waals surface area contributed by atoms with Crippen molar-refractivity contribution in [3.05, 3.63) is 27.2 Å². The molecule has 2 N–H and O–H groups in total. The maximum absolute atomic E-state index is 9.70. The molecule has 0 amide bonds. The van der Waals surface area contributed by atoms with Crippen LogP contribution in [-0.4, -0.2) is 43.3 Å². The third-order valence-electron chi connectivity index (χ3n) is 2.10. The van der Waals surface area contributed by atoms with Crippen molar-refractivity contribution in [2.45, 2.75) is 6.10 Å². The Kier molecular flexibility index (Phi) is 5.83. The topological polar surface area (TPSA) is 35.5 Å². The highest BCUT2D eigenvalue weighted by Crippen LogP contribution is 2.33. The number of benzene rings is 1. The lowest BCUT2D eigenvalue weighted by Gasteiger charge is -2.18. The van der Waals surface area contributed by atoms with Crippen LogP contribution >= 0.6 is 34.8 Å². The normalized spacial score (nSPS) is 12.9. The zero-order valence-electron chi connectivity index (χ0n) is 9.67. The van der Waals surface area contributed by atoms with E-state index in [1.54, 1.807) is 12.1 Å². The fourth-order valence-electron chi connectivity index (χ4n) is 1.42. The lowest BCUT2D eigenvalue weighted by Crippen LogP contribution is -2.31. The van der Waals surface area contributed by atoms with Crippen molar-refractivity contribution in [3.8, 4) is 0 Å². The van der Waals surface area contributed by atoms with E-state index in [4.69, 9.17) is 34.8 Å². The molecule has 1 atom stereocenters. The van der Waals surface area contributed by atoms with Gasteiger partial charge in [-0.3, -0.25) is 0 Å². The summed E-state index contributed by atoms with van der Waals surface area (Å²) in [7, 11) is 3.79. The molecular weight excluding hydrogens is 282 g/mol. The molecule has 96 valence electrons. The molecule has 1 aromatic carbocycles. The summed E-state index contributed by atoms with van der Waals surface area (Å²) in [5.41, 5.74) is 0.593. The van der Waals surface area contributed by atoms with Crippen molar-refractivity contribution >= 4 is 40.5 Å². The Morgan fingerprint density at radius 1 is 1.24 bits per heavy atom. The average molecular weight is 298 g/mol. The van der Waals surface area contributed by atoms with Crippen LogP contribution in [0.4, 0.5) is 5.69 Å². The van der Waals surface area contributed by atoms with E-state index in [0.717, 1.165) is 0 Å². The minimum atomic E-state index is -0.493. The Labute approximate surface area is 116 Å². The molecule has 0 spiro atoms. The average Bonchev–Trinajstić information content (AvgIpc) is 2.14. The molecule has 0 aromatic heterocycles. The van der Waals surface area contributed by atoms with Crippen LogP contribution in [0, 0.1) is 0 Å². The third-order valence-corrected chi connectivity index (χ3v) is 2.91. The number of anilines is 1. The van der Waals surface area contributed by atoms with E-state index < -0.39 is 6.10 Å². The molecule has 0 saturated carbocycles. The smallest absolute Gasteiger partial charge is 0.0838 e. The van der Waals surface area contributed by atoms with E-state index in [-0.39, 0.29) is 0 Å². The van der Waals surface area contributed by atoms with Crippen LogP contribution in [0.15, 0.2) is 12.1 Å². The number of hydrogen-bond acceptors (Lipinski definition) is 3. The lowest BCUT2D eigenvalue weighted by molar-refractivity contribution is 0.148. The van der Waals surface area contributed by atoms with Crippen molar-refractivity contribution in [3.63, 3.8) is 0 Å². The van der Waals surface area contributed by atoms with Gasteiger partial charge in [0.1, 0.15) is 0 Å². The predicted octanol–water partition coefficient (Wildman–Crippen LogP) is 2.98. The first-order chi connectivity index (χ1) is 7.90. The SMILES string of the molecule is CN(C)CC(O)CNc1c(Cl)cc(Cl)cc1Cl. The van der Waals surface area contributed by atoms with Crippen LogP contribution in [0.1, 0.15) is 0 Å². The second-order valence-corrected chi connectivity index (χ2v) is 5.29. The Morgan fingerprint density at radius 3 is 2.24 bits per heavy atom. The van der Waals surface area contributed by atoms with Gasteiger partial charge in [0, 0.05) is 18.1 Å². The van der Waals surface area contributed by atoms with E-state index >= 15 is 0 Å². The van der Waals surface area contributed by atoms with Gasteiger partial charge in [-0.25, -0.2) is 0 Å². The molecule has 17 heavy (non-hydrogen) atoms. The fraction of sp³-hybridized carbons (Fsp3) is 0.455. The van der Waals surface area contributed by atoms with Crippen LogP contribution in [0.3, 0.4) is 0 Å². The zero-order valence-corrected chi connectivity index (χ0v) is 11.9. The number of aliphatic hydroxyl groups excluding tert-OH is 1. The van der Waals surface area contributed by atoms with Crippen molar-refractivity contribution in [2.24, 2.45) is 0 Å². The van der Waals surface area contributed by atoms with Gasteiger partial charge in [-0.1, -0.05) is 34.8 Å². The molecule has 1 unspecified atom stereocenters. The molecule has 1 aromatic rings. The van der Waals surface area contributed by atoms with Crippen molar-refractivity contribution in [1.29, 1.82) is 0 Å². The van der Waals surface area contributed by atoms with Gasteiger partial charge in [-0.2, -0.15) is 0 Å². The first-order valence-corrected chi connectivity index (χ1v) is 6.24. The predicted molar refractivity (Wildman–Crippen MR) is 74.5 cm³/mol. The molecule has 0 heterocycles. The molecule has 3 nitrogen and oxygen atoms in total. The van der Waals surface area contributed by atoms with Gasteiger partial charge in [-0.05, 0) is 26.2 Å². The first kappa shape index (κ1) is 14.9. The van der Waals surface area contributed by atoms with Crippen LogP contribution in [0.25, 0.3) is 0 Å². The number of halogens is 3. The van der Waals surface area contributed by atoms with Crippen LogP contribution < -0.4 is 5.32 Å². The molecule has 0 bridgehead atoms. The van der Waals surface area contributed by atoms with Crippen LogP contribution in [-0.2, 0) is 0 Å². The van der Waals surface area contributed by atoms with Gasteiger partial charge in [0.25, 0.3) is 0 Å². The number of nitrogens with zero attached hydrogens (tertiary/aromatic N) is 1. The molecule has 0 saturated heterocycles. The summed E-state index contributed by atoms with van der Waals surface area (Å²) < 4.78 is 0. The van der Waals surface area contributed by atoms with Gasteiger partial charge in [-0.15, -0.1) is 0 Å². The minimum Gasteiger partial charge on any atom is -0.390 e. The number of likely N-dealkylation sites (N-methyl/N-ethyl adjacent to an activating group) is 1. The second kappa shape index (κ2) is 6.66. The fourth-order valence-corrected chi connectivity index (χ4v) is 2.37. The molecule has 0 aliphatic rings. The van der Waals surface area contributed by atoms with Gasteiger partial charge in [0.2, 0.25) is 0 Å². The maximum atomic E-state index is 9.70. The van der Waals surface area contributed by atoms with Crippen LogP contribution in [0.5, 0.6) is 0 Å². The van der Waals surface area contributed by atoms with E-state index in [0.29, 0.717) is 33.8 Å². The van der Waals surface area contributed by atoms with E-state index in [1.165, 1.54) is 0 Å². The molecular formula is C11H15Cl3N2O. The summed E-state index contributed by atoms with van der Waals surface area (Å²) in [6.45, 7) is 0.940. The monoisotopic (exact) mass is 296 g/mol. The number of rotatable bonds is 5. The summed E-state index contributed by atoms with van der Waals surface area (Å²) in [5, 5.41) is 14.1. The van der Waals surface area contributed by atoms with Gasteiger partial charge >= 0.3 is 0 Å². The van der Waals surface area contributed by atoms with Crippen molar-refractivity contribution < 1.29 is 5.11 Å². The molecule has 1 rings (SSSR count). The van der Waals surface area contributed by atoms with Gasteiger partial charge in [0.15, 0.2) is 0 Å². The van der Waals surface area contributed by atoms with Crippen LogP contribution in [0.2, 0.25) is 15.1 Å². The summed E-state index contributed by atoms with van der Waals surface area (Å²) in [6.07, 6.45) is -0.493. The molecule has 0 aliphatic heterocycles. The first-order valence-electron chi connectivity index (χ1n) is 5.11. The maximum Gasteiger partial charge on any atom is 0.0838 e. The minimum absolute atomic E-state index is 0.374. The quantitative estimate of drug-likeness (QED) is 0.877. The third kappa shape index (κ3) is 4.90. The molecule has 6 heteroatoms. The van der Waals surface area contributed by atoms with Gasteiger partial charge < -0.3 is 15.3 Å². The Morgan fingerprint density at radius 2 is 1.76 bits per heavy atom. The zero-order chi connectivity index (χ0) is 13.0. The second-order valence-electron chi connectivity index (χ2n) is 4.04. The number of aliphatic hydroxyl groups is 1. The summed E-state index contributed by atoms with van der Waals surface area (Å²) in [6, 6.07) is 3.21.